The van der Waals surface area contributed by atoms with E-state index in [1.54, 1.807) is 6.08 Å². The van der Waals surface area contributed by atoms with Crippen LogP contribution < -0.4 is 0 Å². The van der Waals surface area contributed by atoms with Crippen molar-refractivity contribution >= 4 is 19.7 Å². The number of nitriles is 2. The van der Waals surface area contributed by atoms with Crippen LogP contribution in [-0.2, 0) is 0 Å². The summed E-state index contributed by atoms with van der Waals surface area (Å²) in [6, 6.07) is 10.9. The molecule has 25 heavy (non-hydrogen) atoms. The molecule has 1 aliphatic rings. The molecule has 0 spiro atoms. The van der Waals surface area contributed by atoms with E-state index in [0.717, 1.165) is 11.1 Å². The molecule has 0 saturated heterocycles. The number of rotatable bonds is 5. The summed E-state index contributed by atoms with van der Waals surface area (Å²) < 4.78 is 0. The van der Waals surface area contributed by atoms with Gasteiger partial charge in [0.25, 0.3) is 0 Å². The number of allylic oxidation sites excluding steroid dienone is 2. The summed E-state index contributed by atoms with van der Waals surface area (Å²) in [5.41, 5.74) is 5.96. The summed E-state index contributed by atoms with van der Waals surface area (Å²) in [5.74, 6) is 0. The van der Waals surface area contributed by atoms with Gasteiger partial charge in [-0.25, -0.2) is 0 Å². The Morgan fingerprint density at radius 1 is 1.00 bits per heavy atom. The molecule has 1 aliphatic carbocycles. The Labute approximate surface area is 153 Å². The first-order chi connectivity index (χ1) is 11.8. The van der Waals surface area contributed by atoms with Crippen LogP contribution in [-0.4, -0.2) is 8.07 Å². The Kier molecular flexibility index (Phi) is 5.40. The van der Waals surface area contributed by atoms with Crippen molar-refractivity contribution in [1.29, 1.82) is 10.5 Å². The summed E-state index contributed by atoms with van der Waals surface area (Å²) in [4.78, 5) is 0. The molecule has 0 amide bonds. The molecule has 2 rings (SSSR count). The van der Waals surface area contributed by atoms with Crippen LogP contribution in [0.1, 0.15) is 63.8 Å². The van der Waals surface area contributed by atoms with Gasteiger partial charge in [0.2, 0.25) is 0 Å². The Morgan fingerprint density at radius 2 is 1.56 bits per heavy atom. The molecule has 0 aliphatic heterocycles. The Morgan fingerprint density at radius 3 is 1.96 bits per heavy atom. The first kappa shape index (κ1) is 19.2. The highest BCUT2D eigenvalue weighted by Crippen LogP contribution is 2.57. The molecule has 3 heteroatoms. The third-order valence-corrected chi connectivity index (χ3v) is 13.8. The van der Waals surface area contributed by atoms with E-state index in [4.69, 9.17) is 0 Å². The van der Waals surface area contributed by atoms with Gasteiger partial charge in [0.15, 0.2) is 0 Å². The maximum atomic E-state index is 10.0. The van der Waals surface area contributed by atoms with Gasteiger partial charge in [-0.05, 0) is 27.8 Å². The van der Waals surface area contributed by atoms with Crippen LogP contribution in [0.2, 0.25) is 16.6 Å². The zero-order chi connectivity index (χ0) is 18.9. The lowest BCUT2D eigenvalue weighted by Gasteiger charge is -2.48. The van der Waals surface area contributed by atoms with Crippen molar-refractivity contribution in [2.45, 2.75) is 63.7 Å². The number of nitrogens with zero attached hydrogens (tertiary/aromatic N) is 2. The van der Waals surface area contributed by atoms with E-state index in [-0.39, 0.29) is 5.54 Å². The van der Waals surface area contributed by atoms with Gasteiger partial charge in [0.1, 0.15) is 6.07 Å². The Balaban J connectivity index is 2.96. The van der Waals surface area contributed by atoms with Crippen LogP contribution in [0.15, 0.2) is 30.4 Å². The molecule has 0 N–H and O–H groups in total. The first-order valence-electron chi connectivity index (χ1n) is 9.08. The fourth-order valence-corrected chi connectivity index (χ4v) is 13.0. The van der Waals surface area contributed by atoms with E-state index in [1.807, 2.05) is 12.1 Å². The second kappa shape index (κ2) is 7.02. The molecule has 0 bridgehead atoms. The largest absolute Gasteiger partial charge is 0.193 e. The first-order valence-corrected chi connectivity index (χ1v) is 11.4. The molecule has 1 unspecified atom stereocenters. The van der Waals surface area contributed by atoms with Crippen molar-refractivity contribution < 1.29 is 0 Å². The molecule has 0 saturated carbocycles. The highest BCUT2D eigenvalue weighted by atomic mass is 28.3. The average molecular weight is 349 g/mol. The lowest BCUT2D eigenvalue weighted by Crippen LogP contribution is -2.50. The highest BCUT2D eigenvalue weighted by molar-refractivity contribution is 6.85. The predicted octanol–water partition coefficient (Wildman–Crippen LogP) is 6.45. The predicted molar refractivity (Wildman–Crippen MR) is 108 cm³/mol. The van der Waals surface area contributed by atoms with Gasteiger partial charge in [0.05, 0.1) is 25.3 Å². The molecule has 2 nitrogen and oxygen atoms in total. The van der Waals surface area contributed by atoms with E-state index in [0.29, 0.717) is 27.8 Å². The molecule has 0 radical (unpaired) electrons. The minimum absolute atomic E-state index is 0.0852. The van der Waals surface area contributed by atoms with Crippen molar-refractivity contribution in [1.82, 2.24) is 0 Å². The third-order valence-electron chi connectivity index (χ3n) is 6.20. The molecular weight excluding hydrogens is 320 g/mol. The van der Waals surface area contributed by atoms with Crippen LogP contribution in [0.3, 0.4) is 0 Å². The van der Waals surface area contributed by atoms with Gasteiger partial charge in [-0.15, -0.1) is 0 Å². The van der Waals surface area contributed by atoms with E-state index in [1.165, 1.54) is 5.56 Å². The summed E-state index contributed by atoms with van der Waals surface area (Å²) in [7, 11) is -1.99. The number of hydrogen-bond acceptors (Lipinski definition) is 2. The van der Waals surface area contributed by atoms with Crippen LogP contribution in [0.5, 0.6) is 0 Å². The topological polar surface area (TPSA) is 47.6 Å². The normalized spacial score (nSPS) is 17.0. The smallest absolute Gasteiger partial charge is 0.101 e. The van der Waals surface area contributed by atoms with Gasteiger partial charge in [-0.2, -0.15) is 10.5 Å². The SMILES string of the molecule is C=Cc1cccc2c1C(C#N)=C(C#N)C2[Si](C(C)C)(C(C)C)C(C)C. The maximum Gasteiger partial charge on any atom is 0.101 e. The van der Waals surface area contributed by atoms with Crippen molar-refractivity contribution in [3.63, 3.8) is 0 Å². The van der Waals surface area contributed by atoms with E-state index in [9.17, 15) is 10.5 Å². The molecule has 1 atom stereocenters. The van der Waals surface area contributed by atoms with E-state index >= 15 is 0 Å². The zero-order valence-electron chi connectivity index (χ0n) is 16.2. The molecule has 0 heterocycles. The molecule has 1 aromatic carbocycles. The number of benzene rings is 1. The van der Waals surface area contributed by atoms with Crippen molar-refractivity contribution in [3.8, 4) is 12.1 Å². The standard InChI is InChI=1S/C22H28N2Si/c1-8-17-10-9-11-18-21(17)19(12-23)20(13-24)22(18)25(14(2)3,15(4)5)16(6)7/h8-11,14-16,22H,1H2,2-7H3. The second-order valence-corrected chi connectivity index (χ2v) is 14.0. The quantitative estimate of drug-likeness (QED) is 0.574. The van der Waals surface area contributed by atoms with E-state index < -0.39 is 8.07 Å². The fourth-order valence-electron chi connectivity index (χ4n) is 5.48. The molecular formula is C22H28N2Si. The minimum atomic E-state index is -1.99. The van der Waals surface area contributed by atoms with Crippen LogP contribution >= 0.6 is 0 Å². The lowest BCUT2D eigenvalue weighted by atomic mass is 9.99. The number of hydrogen-bond donors (Lipinski definition) is 0. The summed E-state index contributed by atoms with van der Waals surface area (Å²) >= 11 is 0. The lowest BCUT2D eigenvalue weighted by molar-refractivity contribution is 0.771. The Bertz CT molecular complexity index is 779. The summed E-state index contributed by atoms with van der Waals surface area (Å²) in [6.45, 7) is 17.8. The third kappa shape index (κ3) is 2.59. The van der Waals surface area contributed by atoms with Gasteiger partial charge >= 0.3 is 0 Å². The maximum absolute atomic E-state index is 10.0. The summed E-state index contributed by atoms with van der Waals surface area (Å²) in [6.07, 6.45) is 1.80. The average Bonchev–Trinajstić information content (AvgIpc) is 2.88. The molecule has 0 aromatic heterocycles. The molecule has 130 valence electrons. The molecule has 1 aromatic rings. The molecule has 0 fully saturated rings. The number of fused-ring (bicyclic) bond motifs is 1. The summed E-state index contributed by atoms with van der Waals surface area (Å²) in [5, 5.41) is 19.9. The van der Waals surface area contributed by atoms with Crippen molar-refractivity contribution in [2.24, 2.45) is 0 Å². The van der Waals surface area contributed by atoms with Crippen molar-refractivity contribution in [2.75, 3.05) is 0 Å². The minimum Gasteiger partial charge on any atom is -0.193 e. The van der Waals surface area contributed by atoms with Crippen LogP contribution in [0, 0.1) is 22.7 Å². The highest BCUT2D eigenvalue weighted by Gasteiger charge is 2.54. The van der Waals surface area contributed by atoms with Gasteiger partial charge < -0.3 is 0 Å². The van der Waals surface area contributed by atoms with Gasteiger partial charge in [-0.1, -0.05) is 72.4 Å². The van der Waals surface area contributed by atoms with Crippen molar-refractivity contribution in [3.05, 3.63) is 47.0 Å². The second-order valence-electron chi connectivity index (χ2n) is 7.92. The zero-order valence-corrected chi connectivity index (χ0v) is 17.2. The van der Waals surface area contributed by atoms with Crippen LogP contribution in [0.4, 0.5) is 0 Å². The van der Waals surface area contributed by atoms with Crippen LogP contribution in [0.25, 0.3) is 11.6 Å². The monoisotopic (exact) mass is 348 g/mol. The fraction of sp³-hybridized carbons (Fsp3) is 0.455. The van der Waals surface area contributed by atoms with Gasteiger partial charge in [-0.3, -0.25) is 0 Å². The Hall–Kier alpha value is -2.10. The van der Waals surface area contributed by atoms with E-state index in [2.05, 4.69) is 66.3 Å². The van der Waals surface area contributed by atoms with Gasteiger partial charge in [0, 0.05) is 11.1 Å².